The highest BCUT2D eigenvalue weighted by Gasteiger charge is 2.11. The maximum absolute atomic E-state index is 4.46. The third-order valence-electron chi connectivity index (χ3n) is 2.38. The lowest BCUT2D eigenvalue weighted by Gasteiger charge is -1.89. The van der Waals surface area contributed by atoms with E-state index in [4.69, 9.17) is 0 Å². The largest absolute Gasteiger partial charge is 0.336 e. The predicted octanol–water partition coefficient (Wildman–Crippen LogP) is 2.70. The van der Waals surface area contributed by atoms with Crippen molar-refractivity contribution in [1.29, 1.82) is 0 Å². The molecule has 0 aliphatic carbocycles. The molecular formula is C11H10N4S. The van der Waals surface area contributed by atoms with Gasteiger partial charge < -0.3 is 4.98 Å². The standard InChI is InChI=1S/C11H10N4S/c1-6-9(16-7(2)13-6)11-14-8-4-3-5-12-10(8)15-11/h3-5H,1-2H3,(H,12,14,15). The first-order valence-electron chi connectivity index (χ1n) is 4.99. The van der Waals surface area contributed by atoms with Crippen molar-refractivity contribution >= 4 is 22.5 Å². The molecule has 0 saturated carbocycles. The molecule has 4 nitrogen and oxygen atoms in total. The van der Waals surface area contributed by atoms with Crippen molar-refractivity contribution in [2.45, 2.75) is 13.8 Å². The second kappa shape index (κ2) is 3.38. The fraction of sp³-hybridized carbons (Fsp3) is 0.182. The molecule has 0 bridgehead atoms. The summed E-state index contributed by atoms with van der Waals surface area (Å²) in [5.74, 6) is 0.858. The van der Waals surface area contributed by atoms with Gasteiger partial charge in [0.15, 0.2) is 11.5 Å². The lowest BCUT2D eigenvalue weighted by molar-refractivity contribution is 1.19. The fourth-order valence-electron chi connectivity index (χ4n) is 1.70. The van der Waals surface area contributed by atoms with Gasteiger partial charge in [0.2, 0.25) is 0 Å². The maximum Gasteiger partial charge on any atom is 0.178 e. The Hall–Kier alpha value is -1.75. The Bertz CT molecular complexity index is 620. The van der Waals surface area contributed by atoms with Crippen LogP contribution in [0.2, 0.25) is 0 Å². The predicted molar refractivity (Wildman–Crippen MR) is 64.5 cm³/mol. The van der Waals surface area contributed by atoms with Crippen molar-refractivity contribution in [2.24, 2.45) is 0 Å². The Labute approximate surface area is 96.4 Å². The van der Waals surface area contributed by atoms with E-state index >= 15 is 0 Å². The van der Waals surface area contributed by atoms with E-state index in [1.807, 2.05) is 26.0 Å². The molecule has 0 spiro atoms. The lowest BCUT2D eigenvalue weighted by atomic mass is 10.4. The number of aromatic amines is 1. The molecule has 5 heteroatoms. The number of thiazole rings is 1. The number of imidazole rings is 1. The third-order valence-corrected chi connectivity index (χ3v) is 3.46. The molecule has 0 saturated heterocycles. The van der Waals surface area contributed by atoms with Gasteiger partial charge in [0.25, 0.3) is 0 Å². The van der Waals surface area contributed by atoms with Crippen LogP contribution in [0.3, 0.4) is 0 Å². The first-order valence-corrected chi connectivity index (χ1v) is 5.81. The molecule has 0 aliphatic heterocycles. The summed E-state index contributed by atoms with van der Waals surface area (Å²) in [6, 6.07) is 3.87. The number of H-pyrrole nitrogens is 1. The summed E-state index contributed by atoms with van der Waals surface area (Å²) >= 11 is 1.65. The van der Waals surface area contributed by atoms with Crippen LogP contribution in [0.1, 0.15) is 10.7 Å². The molecule has 0 unspecified atom stereocenters. The summed E-state index contributed by atoms with van der Waals surface area (Å²) in [6.45, 7) is 4.00. The lowest BCUT2D eigenvalue weighted by Crippen LogP contribution is -1.79. The van der Waals surface area contributed by atoms with E-state index in [2.05, 4.69) is 19.9 Å². The number of pyridine rings is 1. The zero-order chi connectivity index (χ0) is 11.1. The topological polar surface area (TPSA) is 54.5 Å². The van der Waals surface area contributed by atoms with Crippen LogP contribution in [0, 0.1) is 13.8 Å². The number of rotatable bonds is 1. The van der Waals surface area contributed by atoms with Crippen molar-refractivity contribution in [1.82, 2.24) is 19.9 Å². The van der Waals surface area contributed by atoms with Crippen molar-refractivity contribution in [3.63, 3.8) is 0 Å². The van der Waals surface area contributed by atoms with Gasteiger partial charge >= 0.3 is 0 Å². The minimum absolute atomic E-state index is 0.753. The van der Waals surface area contributed by atoms with Gasteiger partial charge in [-0.25, -0.2) is 15.0 Å². The van der Waals surface area contributed by atoms with Gasteiger partial charge in [0.05, 0.1) is 21.1 Å². The van der Waals surface area contributed by atoms with Crippen molar-refractivity contribution < 1.29 is 0 Å². The molecular weight excluding hydrogens is 220 g/mol. The van der Waals surface area contributed by atoms with E-state index in [0.29, 0.717) is 0 Å². The molecule has 3 aromatic heterocycles. The molecule has 3 rings (SSSR count). The molecule has 3 heterocycles. The van der Waals surface area contributed by atoms with Gasteiger partial charge in [0.1, 0.15) is 0 Å². The Kier molecular flexibility index (Phi) is 2.00. The Balaban J connectivity index is 2.22. The van der Waals surface area contributed by atoms with Crippen LogP contribution in [0.4, 0.5) is 0 Å². The first-order chi connectivity index (χ1) is 7.74. The molecule has 0 aromatic carbocycles. The minimum atomic E-state index is 0.753. The summed E-state index contributed by atoms with van der Waals surface area (Å²) in [5.41, 5.74) is 2.73. The van der Waals surface area contributed by atoms with E-state index in [1.54, 1.807) is 17.5 Å². The van der Waals surface area contributed by atoms with Crippen LogP contribution >= 0.6 is 11.3 Å². The van der Waals surface area contributed by atoms with Gasteiger partial charge in [-0.3, -0.25) is 0 Å². The number of nitrogens with zero attached hydrogens (tertiary/aromatic N) is 3. The number of fused-ring (bicyclic) bond motifs is 1. The average Bonchev–Trinajstić information content (AvgIpc) is 2.81. The molecule has 0 atom stereocenters. The fourth-order valence-corrected chi connectivity index (χ4v) is 2.57. The second-order valence-electron chi connectivity index (χ2n) is 3.61. The van der Waals surface area contributed by atoms with Gasteiger partial charge in [-0.05, 0) is 26.0 Å². The first kappa shape index (κ1) is 9.47. The van der Waals surface area contributed by atoms with Gasteiger partial charge in [-0.15, -0.1) is 11.3 Å². The van der Waals surface area contributed by atoms with Crippen molar-refractivity contribution in [3.8, 4) is 10.7 Å². The SMILES string of the molecule is Cc1nc(C)c(-c2nc3ncccc3[nH]2)s1. The molecule has 80 valence electrons. The summed E-state index contributed by atoms with van der Waals surface area (Å²) < 4.78 is 0. The van der Waals surface area contributed by atoms with Crippen molar-refractivity contribution in [2.75, 3.05) is 0 Å². The monoisotopic (exact) mass is 230 g/mol. The zero-order valence-corrected chi connectivity index (χ0v) is 9.80. The van der Waals surface area contributed by atoms with Crippen LogP contribution in [0.25, 0.3) is 21.9 Å². The minimum Gasteiger partial charge on any atom is -0.336 e. The Morgan fingerprint density at radius 3 is 2.81 bits per heavy atom. The number of hydrogen-bond acceptors (Lipinski definition) is 4. The molecule has 0 fully saturated rings. The Morgan fingerprint density at radius 2 is 2.12 bits per heavy atom. The molecule has 0 radical (unpaired) electrons. The van der Waals surface area contributed by atoms with Crippen LogP contribution in [0.15, 0.2) is 18.3 Å². The van der Waals surface area contributed by atoms with E-state index in [1.165, 1.54) is 0 Å². The molecule has 1 N–H and O–H groups in total. The molecule has 0 aliphatic rings. The van der Waals surface area contributed by atoms with Crippen LogP contribution in [0.5, 0.6) is 0 Å². The van der Waals surface area contributed by atoms with Crippen LogP contribution < -0.4 is 0 Å². The van der Waals surface area contributed by atoms with E-state index in [0.717, 1.165) is 32.6 Å². The molecule has 16 heavy (non-hydrogen) atoms. The zero-order valence-electron chi connectivity index (χ0n) is 8.98. The number of nitrogens with one attached hydrogen (secondary N) is 1. The van der Waals surface area contributed by atoms with Gasteiger partial charge in [-0.1, -0.05) is 0 Å². The summed E-state index contributed by atoms with van der Waals surface area (Å²) in [6.07, 6.45) is 1.75. The number of hydrogen-bond donors (Lipinski definition) is 1. The van der Waals surface area contributed by atoms with Gasteiger partial charge in [-0.2, -0.15) is 0 Å². The summed E-state index contributed by atoms with van der Waals surface area (Å²) in [5, 5.41) is 1.06. The highest BCUT2D eigenvalue weighted by Crippen LogP contribution is 2.28. The van der Waals surface area contributed by atoms with Crippen molar-refractivity contribution in [3.05, 3.63) is 29.0 Å². The highest BCUT2D eigenvalue weighted by molar-refractivity contribution is 7.15. The van der Waals surface area contributed by atoms with E-state index in [9.17, 15) is 0 Å². The van der Waals surface area contributed by atoms with Crippen LogP contribution in [-0.4, -0.2) is 19.9 Å². The number of aryl methyl sites for hydroxylation is 2. The smallest absolute Gasteiger partial charge is 0.178 e. The van der Waals surface area contributed by atoms with E-state index < -0.39 is 0 Å². The Morgan fingerprint density at radius 1 is 1.25 bits per heavy atom. The highest BCUT2D eigenvalue weighted by atomic mass is 32.1. The molecule has 0 amide bonds. The van der Waals surface area contributed by atoms with E-state index in [-0.39, 0.29) is 0 Å². The molecule has 3 aromatic rings. The summed E-state index contributed by atoms with van der Waals surface area (Å²) in [7, 11) is 0. The van der Waals surface area contributed by atoms with Crippen LogP contribution in [-0.2, 0) is 0 Å². The second-order valence-corrected chi connectivity index (χ2v) is 4.81. The average molecular weight is 230 g/mol. The normalized spacial score (nSPS) is 11.1. The third kappa shape index (κ3) is 1.40. The quantitative estimate of drug-likeness (QED) is 0.699. The summed E-state index contributed by atoms with van der Waals surface area (Å²) in [4.78, 5) is 17.4. The number of aromatic nitrogens is 4. The van der Waals surface area contributed by atoms with Gasteiger partial charge in [0, 0.05) is 6.20 Å². The maximum atomic E-state index is 4.46.